The van der Waals surface area contributed by atoms with Gasteiger partial charge < -0.3 is 5.11 Å². The zero-order valence-corrected chi connectivity index (χ0v) is 8.03. The number of anilines is 1. The monoisotopic (exact) mass is 192 g/mol. The Morgan fingerprint density at radius 1 is 1.64 bits per heavy atom. The number of rotatable bonds is 0. The fraction of sp³-hybridized carbons (Fsp3) is 0.400. The molecule has 1 amide bonds. The third-order valence-electron chi connectivity index (χ3n) is 2.39. The second-order valence-corrected chi connectivity index (χ2v) is 3.45. The Morgan fingerprint density at radius 3 is 3.14 bits per heavy atom. The zero-order chi connectivity index (χ0) is 10.1. The Bertz CT molecular complexity index is 376. The molecule has 14 heavy (non-hydrogen) atoms. The van der Waals surface area contributed by atoms with Crippen molar-refractivity contribution in [3.8, 4) is 5.75 Å². The van der Waals surface area contributed by atoms with E-state index < -0.39 is 0 Å². The van der Waals surface area contributed by atoms with Crippen molar-refractivity contribution in [3.63, 3.8) is 0 Å². The number of aryl methyl sites for hydroxylation is 1. The van der Waals surface area contributed by atoms with Gasteiger partial charge in [-0.05, 0) is 24.5 Å². The number of carbonyl (C=O) groups excluding carboxylic acids is 1. The lowest BCUT2D eigenvalue weighted by Crippen LogP contribution is -2.34. The second kappa shape index (κ2) is 3.29. The minimum Gasteiger partial charge on any atom is -0.506 e. The summed E-state index contributed by atoms with van der Waals surface area (Å²) < 4.78 is 0. The molecule has 0 radical (unpaired) electrons. The van der Waals surface area contributed by atoms with E-state index in [1.54, 1.807) is 11.0 Å². The number of hydrogen-bond acceptors (Lipinski definition) is 3. The van der Waals surface area contributed by atoms with E-state index in [4.69, 9.17) is 0 Å². The summed E-state index contributed by atoms with van der Waals surface area (Å²) >= 11 is 0. The van der Waals surface area contributed by atoms with Crippen LogP contribution in [0.3, 0.4) is 0 Å². The minimum absolute atomic E-state index is 0.00383. The molecule has 74 valence electrons. The maximum absolute atomic E-state index is 11.3. The molecule has 1 N–H and O–H groups in total. The van der Waals surface area contributed by atoms with Crippen LogP contribution in [-0.4, -0.2) is 22.5 Å². The first-order chi connectivity index (χ1) is 6.68. The van der Waals surface area contributed by atoms with Gasteiger partial charge in [0.1, 0.15) is 11.6 Å². The summed E-state index contributed by atoms with van der Waals surface area (Å²) in [4.78, 5) is 17.0. The number of pyridine rings is 1. The highest BCUT2D eigenvalue weighted by atomic mass is 16.3. The van der Waals surface area contributed by atoms with Crippen LogP contribution in [0.4, 0.5) is 5.82 Å². The Hall–Kier alpha value is -1.58. The smallest absolute Gasteiger partial charge is 0.225 e. The third kappa shape index (κ3) is 1.43. The van der Waals surface area contributed by atoms with Crippen molar-refractivity contribution < 1.29 is 9.90 Å². The molecule has 4 nitrogen and oxygen atoms in total. The van der Waals surface area contributed by atoms with Gasteiger partial charge in [0.15, 0.2) is 0 Å². The number of nitrogens with zero attached hydrogens (tertiary/aromatic N) is 2. The van der Waals surface area contributed by atoms with Gasteiger partial charge in [0.05, 0.1) is 6.20 Å². The quantitative estimate of drug-likeness (QED) is 0.669. The van der Waals surface area contributed by atoms with Crippen LogP contribution in [0.25, 0.3) is 0 Å². The Kier molecular flexibility index (Phi) is 2.11. The van der Waals surface area contributed by atoms with E-state index in [9.17, 15) is 9.90 Å². The molecule has 1 aliphatic heterocycles. The molecule has 1 aromatic heterocycles. The molecule has 1 aromatic rings. The Morgan fingerprint density at radius 2 is 2.43 bits per heavy atom. The van der Waals surface area contributed by atoms with Crippen LogP contribution in [0.15, 0.2) is 12.3 Å². The van der Waals surface area contributed by atoms with Crippen molar-refractivity contribution in [2.45, 2.75) is 19.8 Å². The summed E-state index contributed by atoms with van der Waals surface area (Å²) in [5, 5.41) is 9.25. The summed E-state index contributed by atoms with van der Waals surface area (Å²) in [6.45, 7) is 2.25. The molecule has 0 spiro atoms. The number of carbonyl (C=O) groups is 1. The highest BCUT2D eigenvalue weighted by Gasteiger charge is 2.21. The Labute approximate surface area is 82.2 Å². The van der Waals surface area contributed by atoms with E-state index in [1.165, 1.54) is 13.1 Å². The van der Waals surface area contributed by atoms with Crippen LogP contribution in [0.2, 0.25) is 0 Å². The predicted molar refractivity (Wildman–Crippen MR) is 52.2 cm³/mol. The van der Waals surface area contributed by atoms with Crippen molar-refractivity contribution >= 4 is 11.7 Å². The number of aromatic nitrogens is 1. The molecule has 0 aromatic carbocycles. The second-order valence-electron chi connectivity index (χ2n) is 3.45. The van der Waals surface area contributed by atoms with Crippen molar-refractivity contribution in [1.82, 2.24) is 4.98 Å². The summed E-state index contributed by atoms with van der Waals surface area (Å²) in [5.74, 6) is 0.861. The maximum atomic E-state index is 11.3. The molecule has 4 heteroatoms. The molecule has 2 heterocycles. The number of hydrogen-bond donors (Lipinski definition) is 1. The SMILES string of the molecule is CC(=O)N1CCCc2cc(O)cnc21. The first-order valence-electron chi connectivity index (χ1n) is 4.64. The maximum Gasteiger partial charge on any atom is 0.225 e. The van der Waals surface area contributed by atoms with Gasteiger partial charge in [-0.1, -0.05) is 0 Å². The van der Waals surface area contributed by atoms with Gasteiger partial charge in [0.2, 0.25) is 5.91 Å². The van der Waals surface area contributed by atoms with Crippen LogP contribution in [0, 0.1) is 0 Å². The van der Waals surface area contributed by atoms with Gasteiger partial charge in [0.25, 0.3) is 0 Å². The molecule has 0 unspecified atom stereocenters. The van der Waals surface area contributed by atoms with Crippen molar-refractivity contribution in [2.75, 3.05) is 11.4 Å². The van der Waals surface area contributed by atoms with E-state index in [0.717, 1.165) is 24.9 Å². The van der Waals surface area contributed by atoms with E-state index in [0.29, 0.717) is 5.82 Å². The molecule has 0 atom stereocenters. The summed E-state index contributed by atoms with van der Waals surface area (Å²) in [6.07, 6.45) is 3.18. The molecular weight excluding hydrogens is 180 g/mol. The lowest BCUT2D eigenvalue weighted by molar-refractivity contribution is -0.116. The zero-order valence-electron chi connectivity index (χ0n) is 8.03. The molecule has 0 fully saturated rings. The minimum atomic E-state index is 0.00383. The molecule has 0 saturated heterocycles. The third-order valence-corrected chi connectivity index (χ3v) is 2.39. The van der Waals surface area contributed by atoms with E-state index in [2.05, 4.69) is 4.98 Å². The molecule has 2 rings (SSSR count). The van der Waals surface area contributed by atoms with Gasteiger partial charge in [-0.2, -0.15) is 0 Å². The first kappa shape index (κ1) is 8.99. The van der Waals surface area contributed by atoms with Gasteiger partial charge in [-0.15, -0.1) is 0 Å². The average molecular weight is 192 g/mol. The fourth-order valence-electron chi connectivity index (χ4n) is 1.76. The van der Waals surface area contributed by atoms with E-state index in [1.807, 2.05) is 0 Å². The highest BCUT2D eigenvalue weighted by Crippen LogP contribution is 2.27. The van der Waals surface area contributed by atoms with Crippen molar-refractivity contribution in [3.05, 3.63) is 17.8 Å². The standard InChI is InChI=1S/C10H12N2O2/c1-7(13)12-4-2-3-8-5-9(14)6-11-10(8)12/h5-6,14H,2-4H2,1H3. The normalized spacial score (nSPS) is 15.1. The van der Waals surface area contributed by atoms with Crippen LogP contribution < -0.4 is 4.90 Å². The molecule has 0 bridgehead atoms. The number of amides is 1. The largest absolute Gasteiger partial charge is 0.506 e. The van der Waals surface area contributed by atoms with E-state index >= 15 is 0 Å². The van der Waals surface area contributed by atoms with Gasteiger partial charge >= 0.3 is 0 Å². The van der Waals surface area contributed by atoms with Gasteiger partial charge in [-0.25, -0.2) is 4.98 Å². The van der Waals surface area contributed by atoms with Crippen molar-refractivity contribution in [2.24, 2.45) is 0 Å². The number of fused-ring (bicyclic) bond motifs is 1. The summed E-state index contributed by atoms with van der Waals surface area (Å²) in [6, 6.07) is 1.68. The van der Waals surface area contributed by atoms with Crippen LogP contribution in [0.5, 0.6) is 5.75 Å². The topological polar surface area (TPSA) is 53.4 Å². The van der Waals surface area contributed by atoms with E-state index in [-0.39, 0.29) is 11.7 Å². The molecule has 0 aliphatic carbocycles. The molecular formula is C10H12N2O2. The summed E-state index contributed by atoms with van der Waals surface area (Å²) in [7, 11) is 0. The Balaban J connectivity index is 2.44. The average Bonchev–Trinajstić information content (AvgIpc) is 2.16. The summed E-state index contributed by atoms with van der Waals surface area (Å²) in [5.41, 5.74) is 0.950. The highest BCUT2D eigenvalue weighted by molar-refractivity contribution is 5.91. The predicted octanol–water partition coefficient (Wildman–Crippen LogP) is 1.09. The van der Waals surface area contributed by atoms with Crippen molar-refractivity contribution in [1.29, 1.82) is 0 Å². The van der Waals surface area contributed by atoms with Crippen LogP contribution >= 0.6 is 0 Å². The molecule has 0 saturated carbocycles. The lowest BCUT2D eigenvalue weighted by Gasteiger charge is -2.26. The van der Waals surface area contributed by atoms with Crippen LogP contribution in [0.1, 0.15) is 18.9 Å². The first-order valence-corrected chi connectivity index (χ1v) is 4.64. The fourth-order valence-corrected chi connectivity index (χ4v) is 1.76. The van der Waals surface area contributed by atoms with Gasteiger partial charge in [-0.3, -0.25) is 9.69 Å². The number of aromatic hydroxyl groups is 1. The van der Waals surface area contributed by atoms with Gasteiger partial charge in [0, 0.05) is 13.5 Å². The lowest BCUT2D eigenvalue weighted by atomic mass is 10.1. The van der Waals surface area contributed by atoms with Crippen LogP contribution in [-0.2, 0) is 11.2 Å². The molecule has 1 aliphatic rings.